The molecule has 0 bridgehead atoms. The van der Waals surface area contributed by atoms with E-state index >= 15 is 0 Å². The van der Waals surface area contributed by atoms with Gasteiger partial charge in [0, 0.05) is 12.4 Å². The summed E-state index contributed by atoms with van der Waals surface area (Å²) in [6.45, 7) is 2.78. The standard InChI is InChI=1S/C15H15NO3/c1-15(2,18)14(17)19-13-7-5-11(6-8-13)12-4-3-9-16-10-12/h3-10,18H,1-2H3. The van der Waals surface area contributed by atoms with Crippen molar-refractivity contribution in [1.82, 2.24) is 4.98 Å². The van der Waals surface area contributed by atoms with Crippen LogP contribution in [-0.2, 0) is 4.79 Å². The van der Waals surface area contributed by atoms with Gasteiger partial charge in [0.05, 0.1) is 0 Å². The summed E-state index contributed by atoms with van der Waals surface area (Å²) in [5, 5.41) is 9.50. The van der Waals surface area contributed by atoms with Crippen molar-refractivity contribution < 1.29 is 14.6 Å². The minimum absolute atomic E-state index is 0.403. The van der Waals surface area contributed by atoms with Gasteiger partial charge >= 0.3 is 5.97 Å². The van der Waals surface area contributed by atoms with Crippen molar-refractivity contribution >= 4 is 5.97 Å². The van der Waals surface area contributed by atoms with Crippen molar-refractivity contribution in [3.8, 4) is 16.9 Å². The molecular formula is C15H15NO3. The molecule has 2 aromatic rings. The first kappa shape index (κ1) is 13.2. The molecule has 0 spiro atoms. The van der Waals surface area contributed by atoms with Crippen LogP contribution in [-0.4, -0.2) is 21.7 Å². The molecule has 1 heterocycles. The molecule has 4 nitrogen and oxygen atoms in total. The third-order valence-corrected chi connectivity index (χ3v) is 2.56. The summed E-state index contributed by atoms with van der Waals surface area (Å²) < 4.78 is 5.07. The number of carbonyl (C=O) groups is 1. The van der Waals surface area contributed by atoms with Crippen LogP contribution in [0.25, 0.3) is 11.1 Å². The lowest BCUT2D eigenvalue weighted by Gasteiger charge is -2.15. The second-order valence-corrected chi connectivity index (χ2v) is 4.71. The topological polar surface area (TPSA) is 59.4 Å². The molecule has 19 heavy (non-hydrogen) atoms. The molecule has 0 atom stereocenters. The van der Waals surface area contributed by atoms with E-state index in [0.29, 0.717) is 5.75 Å². The van der Waals surface area contributed by atoms with E-state index in [1.54, 1.807) is 24.5 Å². The lowest BCUT2D eigenvalue weighted by molar-refractivity contribution is -0.151. The molecule has 1 aromatic heterocycles. The number of rotatable bonds is 3. The first-order valence-corrected chi connectivity index (χ1v) is 5.92. The van der Waals surface area contributed by atoms with Crippen LogP contribution in [0.4, 0.5) is 0 Å². The fourth-order valence-electron chi connectivity index (χ4n) is 1.48. The molecule has 2 rings (SSSR count). The average molecular weight is 257 g/mol. The van der Waals surface area contributed by atoms with E-state index in [2.05, 4.69) is 4.98 Å². The predicted molar refractivity (Wildman–Crippen MR) is 71.6 cm³/mol. The molecule has 0 saturated carbocycles. The fourth-order valence-corrected chi connectivity index (χ4v) is 1.48. The van der Waals surface area contributed by atoms with Crippen LogP contribution in [0.3, 0.4) is 0 Å². The Labute approximate surface area is 111 Å². The lowest BCUT2D eigenvalue weighted by Crippen LogP contribution is -2.35. The van der Waals surface area contributed by atoms with Gasteiger partial charge in [0.25, 0.3) is 0 Å². The lowest BCUT2D eigenvalue weighted by atomic mass is 10.1. The Kier molecular flexibility index (Phi) is 3.62. The highest BCUT2D eigenvalue weighted by molar-refractivity contribution is 5.80. The summed E-state index contributed by atoms with van der Waals surface area (Å²) in [6, 6.07) is 10.9. The number of nitrogens with zero attached hydrogens (tertiary/aromatic N) is 1. The third kappa shape index (κ3) is 3.39. The van der Waals surface area contributed by atoms with Gasteiger partial charge in [-0.1, -0.05) is 18.2 Å². The van der Waals surface area contributed by atoms with Crippen LogP contribution >= 0.6 is 0 Å². The van der Waals surface area contributed by atoms with Gasteiger partial charge in [-0.3, -0.25) is 4.98 Å². The molecule has 4 heteroatoms. The zero-order valence-corrected chi connectivity index (χ0v) is 10.8. The van der Waals surface area contributed by atoms with Gasteiger partial charge in [-0.15, -0.1) is 0 Å². The van der Waals surface area contributed by atoms with Crippen LogP contribution < -0.4 is 4.74 Å². The van der Waals surface area contributed by atoms with Gasteiger partial charge in [-0.25, -0.2) is 4.79 Å². The number of carbonyl (C=O) groups excluding carboxylic acids is 1. The number of esters is 1. The van der Waals surface area contributed by atoms with E-state index in [1.807, 2.05) is 24.3 Å². The molecule has 1 N–H and O–H groups in total. The number of aliphatic hydroxyl groups is 1. The van der Waals surface area contributed by atoms with E-state index in [0.717, 1.165) is 11.1 Å². The summed E-state index contributed by atoms with van der Waals surface area (Å²) in [4.78, 5) is 15.6. The van der Waals surface area contributed by atoms with E-state index in [1.165, 1.54) is 13.8 Å². The van der Waals surface area contributed by atoms with E-state index in [9.17, 15) is 9.90 Å². The number of hydrogen-bond acceptors (Lipinski definition) is 4. The Morgan fingerprint density at radius 2 is 1.84 bits per heavy atom. The van der Waals surface area contributed by atoms with Gasteiger partial charge in [0.2, 0.25) is 0 Å². The molecule has 0 unspecified atom stereocenters. The molecule has 0 aliphatic heterocycles. The maximum Gasteiger partial charge on any atom is 0.342 e. The van der Waals surface area contributed by atoms with Crippen molar-refractivity contribution in [1.29, 1.82) is 0 Å². The predicted octanol–water partition coefficient (Wildman–Crippen LogP) is 2.42. The van der Waals surface area contributed by atoms with Crippen molar-refractivity contribution in [2.75, 3.05) is 0 Å². The van der Waals surface area contributed by atoms with Crippen molar-refractivity contribution in [2.45, 2.75) is 19.4 Å². The van der Waals surface area contributed by atoms with Crippen LogP contribution in [0.5, 0.6) is 5.75 Å². The summed E-state index contributed by atoms with van der Waals surface area (Å²) >= 11 is 0. The van der Waals surface area contributed by atoms with Crippen LogP contribution in [0.15, 0.2) is 48.8 Å². The Hall–Kier alpha value is -2.20. The minimum Gasteiger partial charge on any atom is -0.424 e. The Balaban J connectivity index is 2.14. The number of aromatic nitrogens is 1. The van der Waals surface area contributed by atoms with Crippen molar-refractivity contribution in [3.05, 3.63) is 48.8 Å². The summed E-state index contributed by atoms with van der Waals surface area (Å²) in [5.41, 5.74) is 0.473. The fraction of sp³-hybridized carbons (Fsp3) is 0.200. The first-order valence-electron chi connectivity index (χ1n) is 5.92. The highest BCUT2D eigenvalue weighted by Gasteiger charge is 2.26. The van der Waals surface area contributed by atoms with E-state index in [-0.39, 0.29) is 0 Å². The maximum atomic E-state index is 11.5. The number of ether oxygens (including phenoxy) is 1. The number of benzene rings is 1. The largest absolute Gasteiger partial charge is 0.424 e. The molecule has 0 radical (unpaired) electrons. The van der Waals surface area contributed by atoms with Crippen LogP contribution in [0.2, 0.25) is 0 Å². The Morgan fingerprint density at radius 1 is 1.16 bits per heavy atom. The van der Waals surface area contributed by atoms with Gasteiger partial charge < -0.3 is 9.84 Å². The van der Waals surface area contributed by atoms with Gasteiger partial charge in [0.15, 0.2) is 5.60 Å². The second kappa shape index (κ2) is 5.20. The molecule has 0 fully saturated rings. The normalized spacial score (nSPS) is 11.1. The minimum atomic E-state index is -1.50. The average Bonchev–Trinajstić information content (AvgIpc) is 2.39. The Morgan fingerprint density at radius 3 is 2.37 bits per heavy atom. The third-order valence-electron chi connectivity index (χ3n) is 2.56. The first-order chi connectivity index (χ1) is 8.97. The van der Waals surface area contributed by atoms with Gasteiger partial charge in [-0.05, 0) is 43.2 Å². The molecule has 0 amide bonds. The second-order valence-electron chi connectivity index (χ2n) is 4.71. The molecule has 0 aliphatic carbocycles. The Bertz CT molecular complexity index is 556. The summed E-state index contributed by atoms with van der Waals surface area (Å²) in [5.74, 6) is -0.276. The quantitative estimate of drug-likeness (QED) is 0.677. The molecule has 0 aliphatic rings. The van der Waals surface area contributed by atoms with Crippen LogP contribution in [0, 0.1) is 0 Å². The maximum absolute atomic E-state index is 11.5. The van der Waals surface area contributed by atoms with Crippen molar-refractivity contribution in [2.24, 2.45) is 0 Å². The summed E-state index contributed by atoms with van der Waals surface area (Å²) in [6.07, 6.45) is 3.47. The van der Waals surface area contributed by atoms with E-state index in [4.69, 9.17) is 4.74 Å². The van der Waals surface area contributed by atoms with Crippen molar-refractivity contribution in [3.63, 3.8) is 0 Å². The van der Waals surface area contributed by atoms with Gasteiger partial charge in [-0.2, -0.15) is 0 Å². The smallest absolute Gasteiger partial charge is 0.342 e. The van der Waals surface area contributed by atoms with Crippen LogP contribution in [0.1, 0.15) is 13.8 Å². The number of hydrogen-bond donors (Lipinski definition) is 1. The number of pyridine rings is 1. The zero-order valence-electron chi connectivity index (χ0n) is 10.8. The molecule has 98 valence electrons. The molecule has 1 aromatic carbocycles. The van der Waals surface area contributed by atoms with E-state index < -0.39 is 11.6 Å². The molecular weight excluding hydrogens is 242 g/mol. The monoisotopic (exact) mass is 257 g/mol. The highest BCUT2D eigenvalue weighted by Crippen LogP contribution is 2.22. The molecule has 0 saturated heterocycles. The summed E-state index contributed by atoms with van der Waals surface area (Å²) in [7, 11) is 0. The highest BCUT2D eigenvalue weighted by atomic mass is 16.6. The zero-order chi connectivity index (χ0) is 13.9. The van der Waals surface area contributed by atoms with Gasteiger partial charge in [0.1, 0.15) is 5.75 Å². The SMILES string of the molecule is CC(C)(O)C(=O)Oc1ccc(-c2cccnc2)cc1.